The van der Waals surface area contributed by atoms with Crippen molar-refractivity contribution in [3.8, 4) is 33.4 Å². The van der Waals surface area contributed by atoms with Gasteiger partial charge in [0.1, 0.15) is 0 Å². The van der Waals surface area contributed by atoms with Gasteiger partial charge in [-0.1, -0.05) is 121 Å². The van der Waals surface area contributed by atoms with Crippen molar-refractivity contribution in [3.05, 3.63) is 176 Å². The summed E-state index contributed by atoms with van der Waals surface area (Å²) in [7, 11) is 0. The number of hydrogen-bond donors (Lipinski definition) is 3. The summed E-state index contributed by atoms with van der Waals surface area (Å²) in [5, 5.41) is 20.8. The van der Waals surface area contributed by atoms with Crippen LogP contribution in [0.4, 0.5) is 5.69 Å². The minimum atomic E-state index is 0.242. The van der Waals surface area contributed by atoms with Gasteiger partial charge in [0.25, 0.3) is 0 Å². The van der Waals surface area contributed by atoms with E-state index in [1.54, 1.807) is 18.3 Å². The number of pyridine rings is 1. The highest BCUT2D eigenvalue weighted by Crippen LogP contribution is 2.43. The van der Waals surface area contributed by atoms with Crippen molar-refractivity contribution in [2.75, 3.05) is 5.73 Å². The lowest BCUT2D eigenvalue weighted by atomic mass is 9.85. The molecule has 0 bridgehead atoms. The minimum Gasteiger partial charge on any atom is -0.399 e. The van der Waals surface area contributed by atoms with Crippen LogP contribution in [0.25, 0.3) is 60.5 Å². The first-order chi connectivity index (χ1) is 23.1. The zero-order chi connectivity index (χ0) is 32.2. The topological polar surface area (TPSA) is 86.6 Å². The summed E-state index contributed by atoms with van der Waals surface area (Å²) >= 11 is 0. The summed E-state index contributed by atoms with van der Waals surface area (Å²) in [6, 6.07) is 48.2. The van der Waals surface area contributed by atoms with Crippen LogP contribution in [0.5, 0.6) is 0 Å². The summed E-state index contributed by atoms with van der Waals surface area (Å²) in [4.78, 5) is 4.05. The Morgan fingerprint density at radius 3 is 1.60 bits per heavy atom. The summed E-state index contributed by atoms with van der Waals surface area (Å²) in [6.07, 6.45) is 9.00. The molecule has 0 atom stereocenters. The number of nitrogens with two attached hydrogens (primary N) is 1. The molecule has 4 heteroatoms. The van der Waals surface area contributed by atoms with Gasteiger partial charge in [-0.2, -0.15) is 0 Å². The SMILES string of the molecule is N=C1C=CC(c2cccc(-c3c4ccccc4c(-c4ccccc4)c4ccccc34)c2)=CC1=N.Nc1ccc(-c2cccnc2)cc1. The molecular weight excluding hydrogens is 573 g/mol. The van der Waals surface area contributed by atoms with Crippen molar-refractivity contribution in [2.24, 2.45) is 0 Å². The Morgan fingerprint density at radius 2 is 1.00 bits per heavy atom. The van der Waals surface area contributed by atoms with Crippen molar-refractivity contribution < 1.29 is 0 Å². The van der Waals surface area contributed by atoms with E-state index in [1.165, 1.54) is 38.2 Å². The Kier molecular flexibility index (Phi) is 8.06. The van der Waals surface area contributed by atoms with E-state index < -0.39 is 0 Å². The van der Waals surface area contributed by atoms with Crippen molar-refractivity contribution in [1.82, 2.24) is 4.98 Å². The van der Waals surface area contributed by atoms with Crippen LogP contribution in [0.1, 0.15) is 5.56 Å². The fraction of sp³-hybridized carbons (Fsp3) is 0. The van der Waals surface area contributed by atoms with E-state index in [1.807, 2.05) is 48.7 Å². The van der Waals surface area contributed by atoms with E-state index in [0.717, 1.165) is 33.5 Å². The Balaban J connectivity index is 0.000000226. The van der Waals surface area contributed by atoms with Gasteiger partial charge in [0.15, 0.2) is 0 Å². The van der Waals surface area contributed by atoms with E-state index in [-0.39, 0.29) is 11.4 Å². The summed E-state index contributed by atoms with van der Waals surface area (Å²) in [6.45, 7) is 0. The van der Waals surface area contributed by atoms with Crippen LogP contribution < -0.4 is 5.73 Å². The number of anilines is 1. The van der Waals surface area contributed by atoms with Crippen molar-refractivity contribution in [1.29, 1.82) is 10.8 Å². The summed E-state index contributed by atoms with van der Waals surface area (Å²) in [5.74, 6) is 0. The number of nitrogens with zero attached hydrogens (tertiary/aromatic N) is 1. The number of allylic oxidation sites excluding steroid dienone is 4. The number of aromatic nitrogens is 1. The predicted molar refractivity (Wildman–Crippen MR) is 199 cm³/mol. The number of hydrogen-bond acceptors (Lipinski definition) is 4. The molecule has 4 N–H and O–H groups in total. The second-order valence-corrected chi connectivity index (χ2v) is 11.4. The average Bonchev–Trinajstić information content (AvgIpc) is 3.13. The van der Waals surface area contributed by atoms with Crippen LogP contribution in [-0.2, 0) is 0 Å². The number of rotatable bonds is 4. The molecule has 0 spiro atoms. The van der Waals surface area contributed by atoms with Crippen LogP contribution in [0.2, 0.25) is 0 Å². The Bertz CT molecular complexity index is 2260. The zero-order valence-electron chi connectivity index (χ0n) is 25.7. The van der Waals surface area contributed by atoms with E-state index in [4.69, 9.17) is 16.6 Å². The average molecular weight is 605 g/mol. The Morgan fingerprint density at radius 1 is 0.447 bits per heavy atom. The molecule has 0 aliphatic heterocycles. The molecule has 4 nitrogen and oxygen atoms in total. The van der Waals surface area contributed by atoms with Gasteiger partial charge in [-0.05, 0) is 102 Å². The first-order valence-corrected chi connectivity index (χ1v) is 15.5. The first kappa shape index (κ1) is 29.3. The molecule has 1 heterocycles. The predicted octanol–water partition coefficient (Wildman–Crippen LogP) is 10.7. The lowest BCUT2D eigenvalue weighted by Gasteiger charge is -2.18. The minimum absolute atomic E-state index is 0.242. The number of nitrogen functional groups attached to an aromatic ring is 1. The molecule has 1 aromatic heterocycles. The first-order valence-electron chi connectivity index (χ1n) is 15.5. The molecular formula is C43H32N4. The molecule has 1 aliphatic carbocycles. The fourth-order valence-corrected chi connectivity index (χ4v) is 6.14. The Hall–Kier alpha value is -6.39. The summed E-state index contributed by atoms with van der Waals surface area (Å²) in [5.41, 5.74) is 16.0. The van der Waals surface area contributed by atoms with Crippen molar-refractivity contribution in [2.45, 2.75) is 0 Å². The lowest BCUT2D eigenvalue weighted by Crippen LogP contribution is -2.09. The summed E-state index contributed by atoms with van der Waals surface area (Å²) < 4.78 is 0. The molecule has 47 heavy (non-hydrogen) atoms. The molecule has 0 fully saturated rings. The van der Waals surface area contributed by atoms with Gasteiger partial charge in [0.2, 0.25) is 0 Å². The smallest absolute Gasteiger partial charge is 0.0795 e. The highest BCUT2D eigenvalue weighted by molar-refractivity contribution is 6.50. The van der Waals surface area contributed by atoms with E-state index in [9.17, 15) is 0 Å². The van der Waals surface area contributed by atoms with Gasteiger partial charge in [-0.25, -0.2) is 0 Å². The van der Waals surface area contributed by atoms with Gasteiger partial charge in [0.05, 0.1) is 11.4 Å². The third kappa shape index (κ3) is 6.00. The van der Waals surface area contributed by atoms with Crippen molar-refractivity contribution in [3.63, 3.8) is 0 Å². The molecule has 0 radical (unpaired) electrons. The molecule has 0 saturated heterocycles. The molecule has 1 aliphatic rings. The quantitative estimate of drug-likeness (QED) is 0.106. The molecule has 0 saturated carbocycles. The second-order valence-electron chi connectivity index (χ2n) is 11.4. The molecule has 0 unspecified atom stereocenters. The molecule has 7 aromatic rings. The van der Waals surface area contributed by atoms with Crippen LogP contribution in [0, 0.1) is 10.8 Å². The number of fused-ring (bicyclic) bond motifs is 2. The third-order valence-corrected chi connectivity index (χ3v) is 8.40. The monoisotopic (exact) mass is 604 g/mol. The van der Waals surface area contributed by atoms with Crippen LogP contribution >= 0.6 is 0 Å². The largest absolute Gasteiger partial charge is 0.399 e. The molecule has 8 rings (SSSR count). The maximum atomic E-state index is 8.06. The Labute approximate surface area is 274 Å². The standard InChI is InChI=1S/C32H22N2.C11H10N2/c33-29-18-17-23(20-30(29)34)22-11-8-12-24(19-22)32-27-15-6-4-13-25(27)31(21-9-2-1-3-10-21)26-14-5-7-16-28(26)32;12-11-5-3-9(4-6-11)10-2-1-7-13-8-10/h1-20,33-34H;1-8H,12H2. The highest BCUT2D eigenvalue weighted by atomic mass is 14.6. The second kappa shape index (κ2) is 12.9. The van der Waals surface area contributed by atoms with Gasteiger partial charge < -0.3 is 5.73 Å². The van der Waals surface area contributed by atoms with E-state index in [0.29, 0.717) is 0 Å². The maximum Gasteiger partial charge on any atom is 0.0795 e. The molecule has 6 aromatic carbocycles. The number of nitrogens with one attached hydrogen (secondary N) is 2. The van der Waals surface area contributed by atoms with Gasteiger partial charge in [-0.3, -0.25) is 15.8 Å². The third-order valence-electron chi connectivity index (χ3n) is 8.40. The van der Waals surface area contributed by atoms with Gasteiger partial charge in [-0.15, -0.1) is 0 Å². The van der Waals surface area contributed by atoms with Crippen LogP contribution in [-0.4, -0.2) is 16.4 Å². The molecule has 0 amide bonds. The number of benzene rings is 6. The maximum absolute atomic E-state index is 8.06. The van der Waals surface area contributed by atoms with Gasteiger partial charge in [0, 0.05) is 18.1 Å². The van der Waals surface area contributed by atoms with Crippen LogP contribution in [0.15, 0.2) is 170 Å². The van der Waals surface area contributed by atoms with E-state index in [2.05, 4.69) is 108 Å². The van der Waals surface area contributed by atoms with Gasteiger partial charge >= 0.3 is 0 Å². The fourth-order valence-electron chi connectivity index (χ4n) is 6.14. The molecule has 224 valence electrons. The normalized spacial score (nSPS) is 12.5. The van der Waals surface area contributed by atoms with Crippen LogP contribution in [0.3, 0.4) is 0 Å². The lowest BCUT2D eigenvalue weighted by molar-refractivity contribution is 1.33. The highest BCUT2D eigenvalue weighted by Gasteiger charge is 2.17. The van der Waals surface area contributed by atoms with E-state index >= 15 is 0 Å². The van der Waals surface area contributed by atoms with Crippen molar-refractivity contribution >= 4 is 44.2 Å². The zero-order valence-corrected chi connectivity index (χ0v) is 25.7.